The van der Waals surface area contributed by atoms with Crippen molar-refractivity contribution in [1.82, 2.24) is 0 Å². The highest BCUT2D eigenvalue weighted by Gasteiger charge is 2.81. The van der Waals surface area contributed by atoms with E-state index < -0.39 is 49.2 Å². The molecule has 1 rings (SSSR count). The molecule has 0 spiro atoms. The lowest BCUT2D eigenvalue weighted by molar-refractivity contribution is -0.398. The number of rotatable bonds is 4. The van der Waals surface area contributed by atoms with Gasteiger partial charge in [0, 0.05) is 0 Å². The Kier molecular flexibility index (Phi) is 3.83. The monoisotopic (exact) mass is 320 g/mol. The minimum Gasteiger partial charge on any atom is -0.430 e. The van der Waals surface area contributed by atoms with E-state index in [1.54, 1.807) is 0 Å². The summed E-state index contributed by atoms with van der Waals surface area (Å²) in [5.74, 6) is -19.4. The largest absolute Gasteiger partial charge is 0.508 e. The maximum Gasteiger partial charge on any atom is 0.508 e. The molecular weight excluding hydrogens is 315 g/mol. The standard InChI is InChI=1S/C8H5F9O3/c9-5(10,1-3-2-19-4(18)20-3)6(11,12)7(13,14)8(15,16)17/h3H,1-2H2. The summed E-state index contributed by atoms with van der Waals surface area (Å²) in [4.78, 5) is 10.3. The Labute approximate surface area is 104 Å². The Hall–Kier alpha value is -1.36. The van der Waals surface area contributed by atoms with Gasteiger partial charge in [-0.2, -0.15) is 39.5 Å². The molecule has 0 aromatic rings. The molecule has 1 fully saturated rings. The summed E-state index contributed by atoms with van der Waals surface area (Å²) in [6.45, 7) is -0.956. The van der Waals surface area contributed by atoms with E-state index in [0.29, 0.717) is 0 Å². The van der Waals surface area contributed by atoms with Gasteiger partial charge in [-0.15, -0.1) is 0 Å². The smallest absolute Gasteiger partial charge is 0.430 e. The molecule has 12 heteroatoms. The van der Waals surface area contributed by atoms with Crippen LogP contribution in [0.3, 0.4) is 0 Å². The molecule has 118 valence electrons. The highest BCUT2D eigenvalue weighted by molar-refractivity contribution is 5.61. The van der Waals surface area contributed by atoms with Crippen LogP contribution in [0.1, 0.15) is 6.42 Å². The molecule has 0 aromatic heterocycles. The van der Waals surface area contributed by atoms with Gasteiger partial charge in [0.2, 0.25) is 0 Å². The predicted molar refractivity (Wildman–Crippen MR) is 41.7 cm³/mol. The van der Waals surface area contributed by atoms with E-state index in [0.717, 1.165) is 0 Å². The fourth-order valence-corrected chi connectivity index (χ4v) is 1.29. The Morgan fingerprint density at radius 3 is 1.80 bits per heavy atom. The zero-order valence-electron chi connectivity index (χ0n) is 9.12. The summed E-state index contributed by atoms with van der Waals surface area (Å²) in [5, 5.41) is 0. The van der Waals surface area contributed by atoms with Crippen molar-refractivity contribution in [1.29, 1.82) is 0 Å². The van der Waals surface area contributed by atoms with Crippen molar-refractivity contribution in [3.63, 3.8) is 0 Å². The van der Waals surface area contributed by atoms with E-state index in [4.69, 9.17) is 0 Å². The van der Waals surface area contributed by atoms with Crippen molar-refractivity contribution in [3.8, 4) is 0 Å². The van der Waals surface area contributed by atoms with Gasteiger partial charge in [0.05, 0.1) is 6.42 Å². The lowest BCUT2D eigenvalue weighted by atomic mass is 9.98. The highest BCUT2D eigenvalue weighted by Crippen LogP contribution is 2.54. The van der Waals surface area contributed by atoms with Gasteiger partial charge < -0.3 is 9.47 Å². The van der Waals surface area contributed by atoms with Crippen LogP contribution >= 0.6 is 0 Å². The van der Waals surface area contributed by atoms with Crippen molar-refractivity contribution < 1.29 is 53.8 Å². The number of hydrogen-bond acceptors (Lipinski definition) is 3. The average Bonchev–Trinajstić information content (AvgIpc) is 2.60. The summed E-state index contributed by atoms with van der Waals surface area (Å²) in [7, 11) is 0. The van der Waals surface area contributed by atoms with Crippen LogP contribution in [0.25, 0.3) is 0 Å². The summed E-state index contributed by atoms with van der Waals surface area (Å²) in [6.07, 6.45) is -12.7. The third kappa shape index (κ3) is 2.59. The Bertz CT molecular complexity index is 389. The van der Waals surface area contributed by atoms with Gasteiger partial charge in [0.25, 0.3) is 0 Å². The molecule has 1 unspecified atom stereocenters. The van der Waals surface area contributed by atoms with E-state index in [-0.39, 0.29) is 0 Å². The second-order valence-corrected chi connectivity index (χ2v) is 3.86. The summed E-state index contributed by atoms with van der Waals surface area (Å²) in [6, 6.07) is 0. The third-order valence-electron chi connectivity index (χ3n) is 2.34. The first kappa shape index (κ1) is 16.7. The molecule has 0 aromatic carbocycles. The molecule has 1 aliphatic heterocycles. The van der Waals surface area contributed by atoms with Crippen LogP contribution in [-0.4, -0.2) is 42.8 Å². The Balaban J connectivity index is 2.97. The number of cyclic esters (lactones) is 2. The van der Waals surface area contributed by atoms with Crippen LogP contribution in [-0.2, 0) is 9.47 Å². The van der Waals surface area contributed by atoms with E-state index >= 15 is 0 Å². The Morgan fingerprint density at radius 1 is 0.950 bits per heavy atom. The van der Waals surface area contributed by atoms with Crippen molar-refractivity contribution in [2.75, 3.05) is 6.61 Å². The van der Waals surface area contributed by atoms with Crippen molar-refractivity contribution >= 4 is 6.16 Å². The zero-order chi connectivity index (χ0) is 16.0. The maximum atomic E-state index is 13.0. The van der Waals surface area contributed by atoms with Crippen LogP contribution in [0.2, 0.25) is 0 Å². The van der Waals surface area contributed by atoms with Gasteiger partial charge in [0.1, 0.15) is 12.7 Å². The third-order valence-corrected chi connectivity index (χ3v) is 2.34. The first-order valence-electron chi connectivity index (χ1n) is 4.76. The summed E-state index contributed by atoms with van der Waals surface area (Å²) < 4.78 is 120. The van der Waals surface area contributed by atoms with Gasteiger partial charge in [-0.05, 0) is 0 Å². The molecule has 0 radical (unpaired) electrons. The lowest BCUT2D eigenvalue weighted by Crippen LogP contribution is -2.61. The second kappa shape index (κ2) is 4.58. The topological polar surface area (TPSA) is 35.5 Å². The summed E-state index contributed by atoms with van der Waals surface area (Å²) in [5.41, 5.74) is 0. The Morgan fingerprint density at radius 2 is 1.45 bits per heavy atom. The SMILES string of the molecule is O=C1OCC(CC(F)(F)C(F)(F)C(F)(F)C(F)(F)F)O1. The van der Waals surface area contributed by atoms with E-state index in [2.05, 4.69) is 9.47 Å². The van der Waals surface area contributed by atoms with Gasteiger partial charge in [-0.3, -0.25) is 0 Å². The molecular formula is C8H5F9O3. The van der Waals surface area contributed by atoms with E-state index in [9.17, 15) is 44.3 Å². The molecule has 1 aliphatic rings. The van der Waals surface area contributed by atoms with Crippen molar-refractivity contribution in [3.05, 3.63) is 0 Å². The molecule has 0 bridgehead atoms. The summed E-state index contributed by atoms with van der Waals surface area (Å²) >= 11 is 0. The van der Waals surface area contributed by atoms with Gasteiger partial charge in [0.15, 0.2) is 0 Å². The van der Waals surface area contributed by atoms with Gasteiger partial charge >= 0.3 is 30.1 Å². The van der Waals surface area contributed by atoms with E-state index in [1.165, 1.54) is 0 Å². The molecule has 1 heterocycles. The van der Waals surface area contributed by atoms with Crippen LogP contribution in [0.4, 0.5) is 44.3 Å². The lowest BCUT2D eigenvalue weighted by Gasteiger charge is -2.34. The zero-order valence-corrected chi connectivity index (χ0v) is 9.12. The molecule has 0 N–H and O–H groups in total. The molecule has 0 saturated carbocycles. The first-order chi connectivity index (χ1) is 8.72. The number of alkyl halides is 9. The number of carbonyl (C=O) groups excluding carboxylic acids is 1. The van der Waals surface area contributed by atoms with Gasteiger partial charge in [-0.1, -0.05) is 0 Å². The normalized spacial score (nSPS) is 21.6. The second-order valence-electron chi connectivity index (χ2n) is 3.86. The van der Waals surface area contributed by atoms with Crippen LogP contribution in [0.15, 0.2) is 0 Å². The van der Waals surface area contributed by atoms with Crippen LogP contribution in [0.5, 0.6) is 0 Å². The molecule has 3 nitrogen and oxygen atoms in total. The highest BCUT2D eigenvalue weighted by atomic mass is 19.4. The number of hydrogen-bond donors (Lipinski definition) is 0. The molecule has 0 aliphatic carbocycles. The average molecular weight is 320 g/mol. The first-order valence-corrected chi connectivity index (χ1v) is 4.76. The number of halogens is 9. The van der Waals surface area contributed by atoms with Crippen molar-refractivity contribution in [2.45, 2.75) is 36.5 Å². The minimum atomic E-state index is -6.95. The predicted octanol–water partition coefficient (Wildman–Crippen LogP) is 3.38. The molecule has 1 atom stereocenters. The molecule has 20 heavy (non-hydrogen) atoms. The quantitative estimate of drug-likeness (QED) is 0.588. The number of ether oxygens (including phenoxy) is 2. The van der Waals surface area contributed by atoms with Crippen LogP contribution in [0, 0.1) is 0 Å². The number of carbonyl (C=O) groups is 1. The fraction of sp³-hybridized carbons (Fsp3) is 0.875. The van der Waals surface area contributed by atoms with E-state index in [1.807, 2.05) is 0 Å². The van der Waals surface area contributed by atoms with Gasteiger partial charge in [-0.25, -0.2) is 4.79 Å². The molecule has 1 saturated heterocycles. The maximum absolute atomic E-state index is 13.0. The van der Waals surface area contributed by atoms with Crippen molar-refractivity contribution in [2.24, 2.45) is 0 Å². The molecule has 0 amide bonds. The van der Waals surface area contributed by atoms with Crippen LogP contribution < -0.4 is 0 Å². The fourth-order valence-electron chi connectivity index (χ4n) is 1.29. The minimum absolute atomic E-state index is 0.956.